The average molecular weight is 169 g/mol. The summed E-state index contributed by atoms with van der Waals surface area (Å²) in [7, 11) is -0.899. The molecule has 1 aromatic carbocycles. The quantitative estimate of drug-likeness (QED) is 0.637. The Hall–Kier alpha value is -0.550. The molecule has 1 N–H and O–H groups in total. The van der Waals surface area contributed by atoms with Gasteiger partial charge in [0.05, 0.1) is 25.3 Å². The molecular weight excluding hydrogens is 155 g/mol. The number of rotatable bonds is 1. The highest BCUT2D eigenvalue weighted by atomic mass is 31.2. The molecular formula is C9H14OP+. The molecule has 0 unspecified atom stereocenters. The van der Waals surface area contributed by atoms with Crippen molar-refractivity contribution in [3.05, 3.63) is 24.3 Å². The van der Waals surface area contributed by atoms with Crippen LogP contribution in [0.15, 0.2) is 24.3 Å². The van der Waals surface area contributed by atoms with Gasteiger partial charge in [-0.05, 0) is 24.3 Å². The average Bonchev–Trinajstić information content (AvgIpc) is 1.86. The van der Waals surface area contributed by atoms with E-state index >= 15 is 0 Å². The molecule has 1 aromatic rings. The Kier molecular flexibility index (Phi) is 2.20. The summed E-state index contributed by atoms with van der Waals surface area (Å²) in [5.41, 5.74) is 0. The van der Waals surface area contributed by atoms with Gasteiger partial charge in [0.1, 0.15) is 5.75 Å². The maximum Gasteiger partial charge on any atom is 0.115 e. The molecule has 0 saturated carbocycles. The summed E-state index contributed by atoms with van der Waals surface area (Å²) in [6.07, 6.45) is 0. The van der Waals surface area contributed by atoms with E-state index in [9.17, 15) is 0 Å². The van der Waals surface area contributed by atoms with Gasteiger partial charge >= 0.3 is 0 Å². The number of phenolic OH excluding ortho intramolecular Hbond substituents is 1. The monoisotopic (exact) mass is 169 g/mol. The summed E-state index contributed by atoms with van der Waals surface area (Å²) in [4.78, 5) is 0. The largest absolute Gasteiger partial charge is 0.508 e. The van der Waals surface area contributed by atoms with Gasteiger partial charge in [0.2, 0.25) is 0 Å². The summed E-state index contributed by atoms with van der Waals surface area (Å²) >= 11 is 0. The molecule has 1 nitrogen and oxygen atoms in total. The molecule has 0 spiro atoms. The molecule has 0 fully saturated rings. The summed E-state index contributed by atoms with van der Waals surface area (Å²) < 4.78 is 0. The van der Waals surface area contributed by atoms with E-state index in [4.69, 9.17) is 5.11 Å². The highest BCUT2D eigenvalue weighted by Crippen LogP contribution is 2.44. The molecule has 60 valence electrons. The van der Waals surface area contributed by atoms with Crippen molar-refractivity contribution < 1.29 is 5.11 Å². The molecule has 0 atom stereocenters. The van der Waals surface area contributed by atoms with Gasteiger partial charge in [-0.25, -0.2) is 0 Å². The maximum atomic E-state index is 9.03. The Morgan fingerprint density at radius 3 is 1.82 bits per heavy atom. The van der Waals surface area contributed by atoms with Crippen LogP contribution in [-0.2, 0) is 0 Å². The molecule has 0 aliphatic heterocycles. The van der Waals surface area contributed by atoms with Gasteiger partial charge in [0.15, 0.2) is 0 Å². The molecule has 0 aliphatic carbocycles. The highest BCUT2D eigenvalue weighted by molar-refractivity contribution is 7.80. The van der Waals surface area contributed by atoms with Gasteiger partial charge in [-0.2, -0.15) is 0 Å². The Bertz CT molecular complexity index is 233. The van der Waals surface area contributed by atoms with Crippen LogP contribution in [-0.4, -0.2) is 25.1 Å². The van der Waals surface area contributed by atoms with Crippen molar-refractivity contribution in [3.63, 3.8) is 0 Å². The lowest BCUT2D eigenvalue weighted by atomic mass is 10.3. The van der Waals surface area contributed by atoms with Crippen molar-refractivity contribution in [3.8, 4) is 5.75 Å². The topological polar surface area (TPSA) is 20.2 Å². The molecule has 0 aromatic heterocycles. The van der Waals surface area contributed by atoms with Gasteiger partial charge in [-0.3, -0.25) is 0 Å². The van der Waals surface area contributed by atoms with Gasteiger partial charge in [-0.1, -0.05) is 0 Å². The van der Waals surface area contributed by atoms with E-state index in [1.165, 1.54) is 5.30 Å². The van der Waals surface area contributed by atoms with E-state index in [2.05, 4.69) is 20.0 Å². The molecule has 0 radical (unpaired) electrons. The van der Waals surface area contributed by atoms with Crippen LogP contribution in [0.2, 0.25) is 0 Å². The molecule has 0 heterocycles. The number of hydrogen-bond donors (Lipinski definition) is 1. The Morgan fingerprint density at radius 1 is 1.00 bits per heavy atom. The first-order chi connectivity index (χ1) is 5.00. The van der Waals surface area contributed by atoms with E-state index in [0.717, 1.165) is 0 Å². The van der Waals surface area contributed by atoms with Crippen LogP contribution in [0.3, 0.4) is 0 Å². The Morgan fingerprint density at radius 2 is 1.45 bits per heavy atom. The summed E-state index contributed by atoms with van der Waals surface area (Å²) in [6, 6.07) is 7.51. The van der Waals surface area contributed by atoms with Crippen molar-refractivity contribution in [2.45, 2.75) is 0 Å². The van der Waals surface area contributed by atoms with Crippen LogP contribution in [0.4, 0.5) is 0 Å². The fourth-order valence-electron chi connectivity index (χ4n) is 0.900. The standard InChI is InChI=1S/C9H13OP/c1-11(2,3)9-6-4-8(10)5-7-9/h4-7H,1-3H3/p+1. The first-order valence-electron chi connectivity index (χ1n) is 3.61. The molecule has 0 amide bonds. The second kappa shape index (κ2) is 2.83. The van der Waals surface area contributed by atoms with Crippen LogP contribution in [0.5, 0.6) is 5.75 Å². The predicted molar refractivity (Wildman–Crippen MR) is 52.4 cm³/mol. The van der Waals surface area contributed by atoms with Crippen molar-refractivity contribution in [2.75, 3.05) is 20.0 Å². The second-order valence-corrected chi connectivity index (χ2v) is 8.07. The third-order valence-corrected chi connectivity index (χ3v) is 3.47. The molecule has 11 heavy (non-hydrogen) atoms. The van der Waals surface area contributed by atoms with Crippen LogP contribution in [0, 0.1) is 0 Å². The summed E-state index contributed by atoms with van der Waals surface area (Å²) in [5.74, 6) is 0.349. The van der Waals surface area contributed by atoms with Crippen LogP contribution in [0.25, 0.3) is 0 Å². The zero-order valence-electron chi connectivity index (χ0n) is 7.20. The maximum absolute atomic E-state index is 9.03. The van der Waals surface area contributed by atoms with E-state index < -0.39 is 7.26 Å². The normalized spacial score (nSPS) is 11.5. The van der Waals surface area contributed by atoms with Crippen molar-refractivity contribution >= 4 is 12.6 Å². The van der Waals surface area contributed by atoms with Gasteiger partial charge in [0.25, 0.3) is 0 Å². The minimum absolute atomic E-state index is 0.349. The SMILES string of the molecule is C[P+](C)(C)c1ccc(O)cc1. The third kappa shape index (κ3) is 2.20. The van der Waals surface area contributed by atoms with Crippen molar-refractivity contribution in [1.29, 1.82) is 0 Å². The fourth-order valence-corrected chi connectivity index (χ4v) is 1.94. The lowest BCUT2D eigenvalue weighted by Crippen LogP contribution is -2.06. The van der Waals surface area contributed by atoms with E-state index in [0.29, 0.717) is 5.75 Å². The van der Waals surface area contributed by atoms with E-state index in [1.807, 2.05) is 12.1 Å². The molecule has 0 aliphatic rings. The van der Waals surface area contributed by atoms with E-state index in [1.54, 1.807) is 12.1 Å². The number of hydrogen-bond acceptors (Lipinski definition) is 1. The molecule has 0 bridgehead atoms. The summed E-state index contributed by atoms with van der Waals surface area (Å²) in [6.45, 7) is 6.79. The van der Waals surface area contributed by atoms with E-state index in [-0.39, 0.29) is 0 Å². The number of aromatic hydroxyl groups is 1. The van der Waals surface area contributed by atoms with Crippen LogP contribution < -0.4 is 5.30 Å². The summed E-state index contributed by atoms with van der Waals surface area (Å²) in [5, 5.41) is 10.4. The zero-order valence-corrected chi connectivity index (χ0v) is 8.10. The number of benzene rings is 1. The van der Waals surface area contributed by atoms with Crippen molar-refractivity contribution in [2.24, 2.45) is 0 Å². The smallest absolute Gasteiger partial charge is 0.115 e. The minimum atomic E-state index is -0.899. The van der Waals surface area contributed by atoms with Crippen molar-refractivity contribution in [1.82, 2.24) is 0 Å². The third-order valence-electron chi connectivity index (χ3n) is 1.62. The predicted octanol–water partition coefficient (Wildman–Crippen LogP) is 1.92. The molecule has 2 heteroatoms. The van der Waals surface area contributed by atoms with Crippen LogP contribution >= 0.6 is 7.26 Å². The molecule has 1 rings (SSSR count). The fraction of sp³-hybridized carbons (Fsp3) is 0.333. The Balaban J connectivity index is 2.99. The zero-order chi connectivity index (χ0) is 8.48. The van der Waals surface area contributed by atoms with Gasteiger partial charge in [0, 0.05) is 7.26 Å². The highest BCUT2D eigenvalue weighted by Gasteiger charge is 2.20. The Labute approximate surface area is 68.4 Å². The van der Waals surface area contributed by atoms with Gasteiger partial charge < -0.3 is 5.11 Å². The first kappa shape index (κ1) is 8.55. The lowest BCUT2D eigenvalue weighted by molar-refractivity contribution is 0.475. The minimum Gasteiger partial charge on any atom is -0.508 e. The van der Waals surface area contributed by atoms with Gasteiger partial charge in [-0.15, -0.1) is 0 Å². The van der Waals surface area contributed by atoms with Crippen LogP contribution in [0.1, 0.15) is 0 Å². The first-order valence-corrected chi connectivity index (χ1v) is 6.74. The lowest BCUT2D eigenvalue weighted by Gasteiger charge is -2.10. The molecule has 0 saturated heterocycles. The second-order valence-electron chi connectivity index (χ2n) is 3.53. The number of phenols is 1.